The summed E-state index contributed by atoms with van der Waals surface area (Å²) in [5.41, 5.74) is 3.32. The van der Waals surface area contributed by atoms with Gasteiger partial charge in [-0.1, -0.05) is 12.8 Å². The van der Waals surface area contributed by atoms with Gasteiger partial charge in [-0.3, -0.25) is 0 Å². The molecule has 2 N–H and O–H groups in total. The summed E-state index contributed by atoms with van der Waals surface area (Å²) in [6.45, 7) is 6.44. The Morgan fingerprint density at radius 3 is 2.37 bits per heavy atom. The maximum absolute atomic E-state index is 4.66. The molecule has 4 rings (SSSR count). The molecule has 2 aromatic rings. The largest absolute Gasteiger partial charge is 0.369 e. The molecule has 1 aliphatic carbocycles. The summed E-state index contributed by atoms with van der Waals surface area (Å²) in [6.07, 6.45) is 5.03. The van der Waals surface area contributed by atoms with Gasteiger partial charge in [0.15, 0.2) is 0 Å². The minimum Gasteiger partial charge on any atom is -0.369 e. The number of piperazine rings is 1. The molecule has 1 aliphatic heterocycles. The van der Waals surface area contributed by atoms with Crippen LogP contribution in [0.5, 0.6) is 0 Å². The highest BCUT2D eigenvalue weighted by atomic mass is 15.2. The van der Waals surface area contributed by atoms with E-state index in [0.29, 0.717) is 6.04 Å². The number of hydrogen-bond acceptors (Lipinski definition) is 6. The van der Waals surface area contributed by atoms with Crippen molar-refractivity contribution >= 4 is 23.1 Å². The molecule has 0 unspecified atom stereocenters. The number of aryl methyl sites for hydroxylation is 1. The van der Waals surface area contributed by atoms with E-state index in [1.807, 2.05) is 13.0 Å². The molecular weight excluding hydrogens is 336 g/mol. The predicted octanol–water partition coefficient (Wildman–Crippen LogP) is 3.63. The van der Waals surface area contributed by atoms with Crippen LogP contribution in [-0.4, -0.2) is 54.1 Å². The summed E-state index contributed by atoms with van der Waals surface area (Å²) in [6, 6.07) is 11.2. The number of rotatable bonds is 5. The van der Waals surface area contributed by atoms with Crippen LogP contribution in [-0.2, 0) is 0 Å². The summed E-state index contributed by atoms with van der Waals surface area (Å²) < 4.78 is 0. The van der Waals surface area contributed by atoms with Crippen LogP contribution in [0.25, 0.3) is 0 Å². The average Bonchev–Trinajstić information content (AvgIpc) is 3.16. The van der Waals surface area contributed by atoms with Crippen molar-refractivity contribution in [3.8, 4) is 0 Å². The van der Waals surface area contributed by atoms with Crippen LogP contribution >= 0.6 is 0 Å². The monoisotopic (exact) mass is 366 g/mol. The Hall–Kier alpha value is -2.34. The number of benzene rings is 1. The van der Waals surface area contributed by atoms with Crippen LogP contribution in [0.3, 0.4) is 0 Å². The second-order valence-electron chi connectivity index (χ2n) is 7.81. The second kappa shape index (κ2) is 8.13. The quantitative estimate of drug-likeness (QED) is 0.843. The van der Waals surface area contributed by atoms with E-state index in [-0.39, 0.29) is 0 Å². The summed E-state index contributed by atoms with van der Waals surface area (Å²) in [7, 11) is 2.18. The van der Waals surface area contributed by atoms with Gasteiger partial charge in [0, 0.05) is 55.4 Å². The van der Waals surface area contributed by atoms with E-state index in [4.69, 9.17) is 0 Å². The second-order valence-corrected chi connectivity index (χ2v) is 7.81. The minimum atomic E-state index is 0.516. The number of likely N-dealkylation sites (N-methyl/N-ethyl adjacent to an activating group) is 1. The van der Waals surface area contributed by atoms with E-state index >= 15 is 0 Å². The van der Waals surface area contributed by atoms with E-state index in [1.165, 1.54) is 31.4 Å². The Morgan fingerprint density at radius 1 is 0.963 bits per heavy atom. The van der Waals surface area contributed by atoms with E-state index in [0.717, 1.165) is 49.3 Å². The van der Waals surface area contributed by atoms with Gasteiger partial charge in [0.2, 0.25) is 5.95 Å². The topological polar surface area (TPSA) is 56.3 Å². The third kappa shape index (κ3) is 4.69. The van der Waals surface area contributed by atoms with E-state index in [1.54, 1.807) is 0 Å². The summed E-state index contributed by atoms with van der Waals surface area (Å²) in [5.74, 6) is 1.58. The molecule has 6 heteroatoms. The molecule has 144 valence electrons. The first kappa shape index (κ1) is 18.0. The molecule has 2 heterocycles. The van der Waals surface area contributed by atoms with Crippen LogP contribution in [0.15, 0.2) is 30.3 Å². The first-order chi connectivity index (χ1) is 13.2. The highest BCUT2D eigenvalue weighted by molar-refractivity contribution is 5.61. The fraction of sp³-hybridized carbons (Fsp3) is 0.524. The zero-order chi connectivity index (χ0) is 18.6. The van der Waals surface area contributed by atoms with Gasteiger partial charge in [-0.2, -0.15) is 4.98 Å². The van der Waals surface area contributed by atoms with Crippen LogP contribution in [0.1, 0.15) is 31.4 Å². The van der Waals surface area contributed by atoms with Gasteiger partial charge in [-0.05, 0) is 51.1 Å². The van der Waals surface area contributed by atoms with Crippen molar-refractivity contribution in [3.05, 3.63) is 36.0 Å². The average molecular weight is 367 g/mol. The van der Waals surface area contributed by atoms with Crippen LogP contribution in [0.4, 0.5) is 23.1 Å². The first-order valence-corrected chi connectivity index (χ1v) is 10.1. The molecule has 0 amide bonds. The molecule has 1 saturated heterocycles. The Bertz CT molecular complexity index is 746. The molecule has 1 aromatic carbocycles. The molecule has 6 nitrogen and oxygen atoms in total. The van der Waals surface area contributed by atoms with Gasteiger partial charge >= 0.3 is 0 Å². The van der Waals surface area contributed by atoms with Crippen molar-refractivity contribution < 1.29 is 0 Å². The zero-order valence-electron chi connectivity index (χ0n) is 16.4. The number of anilines is 4. The van der Waals surface area contributed by atoms with Crippen molar-refractivity contribution in [2.24, 2.45) is 0 Å². The summed E-state index contributed by atoms with van der Waals surface area (Å²) in [5, 5.41) is 6.92. The van der Waals surface area contributed by atoms with E-state index < -0.39 is 0 Å². The Balaban J connectivity index is 1.41. The maximum Gasteiger partial charge on any atom is 0.225 e. The van der Waals surface area contributed by atoms with E-state index in [9.17, 15) is 0 Å². The highest BCUT2D eigenvalue weighted by Gasteiger charge is 2.16. The molecule has 27 heavy (non-hydrogen) atoms. The number of hydrogen-bond donors (Lipinski definition) is 2. The van der Waals surface area contributed by atoms with Crippen LogP contribution < -0.4 is 15.5 Å². The van der Waals surface area contributed by atoms with Crippen molar-refractivity contribution in [1.82, 2.24) is 14.9 Å². The predicted molar refractivity (Wildman–Crippen MR) is 112 cm³/mol. The molecule has 2 fully saturated rings. The summed E-state index contributed by atoms with van der Waals surface area (Å²) >= 11 is 0. The third-order valence-corrected chi connectivity index (χ3v) is 5.55. The molecule has 1 aromatic heterocycles. The molecule has 1 saturated carbocycles. The lowest BCUT2D eigenvalue weighted by Crippen LogP contribution is -2.44. The third-order valence-electron chi connectivity index (χ3n) is 5.55. The smallest absolute Gasteiger partial charge is 0.225 e. The van der Waals surface area contributed by atoms with Gasteiger partial charge in [0.25, 0.3) is 0 Å². The van der Waals surface area contributed by atoms with Crippen molar-refractivity contribution in [2.45, 2.75) is 38.6 Å². The lowest BCUT2D eigenvalue weighted by atomic mass is 10.2. The first-order valence-electron chi connectivity index (χ1n) is 10.1. The van der Waals surface area contributed by atoms with Crippen molar-refractivity contribution in [1.29, 1.82) is 0 Å². The standard InChI is InChI=1S/C21H30N6/c1-16-15-20(25-21(22-16)24-17-5-3-4-6-17)23-18-7-9-19(10-8-18)27-13-11-26(2)12-14-27/h7-10,15,17H,3-6,11-14H2,1-2H3,(H2,22,23,24,25). The normalized spacial score (nSPS) is 18.7. The molecule has 0 spiro atoms. The van der Waals surface area contributed by atoms with E-state index in [2.05, 4.69) is 61.7 Å². The van der Waals surface area contributed by atoms with Crippen LogP contribution in [0.2, 0.25) is 0 Å². The van der Waals surface area contributed by atoms with Crippen molar-refractivity contribution in [2.75, 3.05) is 48.8 Å². The lowest BCUT2D eigenvalue weighted by Gasteiger charge is -2.34. The highest BCUT2D eigenvalue weighted by Crippen LogP contribution is 2.24. The molecule has 0 bridgehead atoms. The SMILES string of the molecule is Cc1cc(Nc2ccc(N3CCN(C)CC3)cc2)nc(NC2CCCC2)n1. The van der Waals surface area contributed by atoms with Crippen LogP contribution in [0, 0.1) is 6.92 Å². The zero-order valence-corrected chi connectivity index (χ0v) is 16.4. The number of nitrogens with one attached hydrogen (secondary N) is 2. The molecule has 2 aliphatic rings. The molecule has 0 radical (unpaired) electrons. The fourth-order valence-electron chi connectivity index (χ4n) is 3.92. The van der Waals surface area contributed by atoms with Gasteiger partial charge < -0.3 is 20.4 Å². The van der Waals surface area contributed by atoms with Crippen molar-refractivity contribution in [3.63, 3.8) is 0 Å². The number of nitrogens with zero attached hydrogens (tertiary/aromatic N) is 4. The van der Waals surface area contributed by atoms with Gasteiger partial charge in [0.1, 0.15) is 5.82 Å². The minimum absolute atomic E-state index is 0.516. The maximum atomic E-state index is 4.66. The van der Waals surface area contributed by atoms with Gasteiger partial charge in [-0.25, -0.2) is 4.98 Å². The summed E-state index contributed by atoms with van der Waals surface area (Å²) in [4.78, 5) is 14.0. The number of aromatic nitrogens is 2. The van der Waals surface area contributed by atoms with Gasteiger partial charge in [-0.15, -0.1) is 0 Å². The Kier molecular flexibility index (Phi) is 5.43. The Labute approximate surface area is 162 Å². The molecule has 0 atom stereocenters. The fourth-order valence-corrected chi connectivity index (χ4v) is 3.92. The molecular formula is C21H30N6. The lowest BCUT2D eigenvalue weighted by molar-refractivity contribution is 0.313. The Morgan fingerprint density at radius 2 is 1.67 bits per heavy atom. The van der Waals surface area contributed by atoms with Gasteiger partial charge in [0.05, 0.1) is 0 Å².